The molecule has 2 atom stereocenters. The van der Waals surface area contributed by atoms with Crippen molar-refractivity contribution in [2.24, 2.45) is 0 Å². The number of benzene rings is 1. The van der Waals surface area contributed by atoms with Gasteiger partial charge in [0.1, 0.15) is 0 Å². The molecule has 0 spiro atoms. The lowest BCUT2D eigenvalue weighted by molar-refractivity contribution is 0.00414. The number of likely N-dealkylation sites (N-methyl/N-ethyl adjacent to an activating group) is 1. The summed E-state index contributed by atoms with van der Waals surface area (Å²) in [4.78, 5) is 2.37. The van der Waals surface area contributed by atoms with E-state index in [0.29, 0.717) is 12.1 Å². The van der Waals surface area contributed by atoms with Crippen LogP contribution < -0.4 is 5.32 Å². The molecule has 3 nitrogen and oxygen atoms in total. The molecule has 1 saturated heterocycles. The maximum absolute atomic E-state index is 5.91. The topological polar surface area (TPSA) is 24.5 Å². The van der Waals surface area contributed by atoms with E-state index < -0.39 is 0 Å². The third-order valence-corrected chi connectivity index (χ3v) is 3.94. The average Bonchev–Trinajstić information content (AvgIpc) is 2.42. The Kier molecular flexibility index (Phi) is 5.64. The summed E-state index contributed by atoms with van der Waals surface area (Å²) in [6, 6.07) is 8.61. The van der Waals surface area contributed by atoms with Gasteiger partial charge in [-0.3, -0.25) is 0 Å². The van der Waals surface area contributed by atoms with Crippen LogP contribution >= 0.6 is 11.6 Å². The van der Waals surface area contributed by atoms with Gasteiger partial charge >= 0.3 is 0 Å². The highest BCUT2D eigenvalue weighted by molar-refractivity contribution is 6.30. The standard InChI is InChI=1S/C15H23ClN2O/c1-12(9-13-3-5-14(16)6-4-13)18(2)11-15-10-17-7-8-19-15/h3-6,12,15,17H,7-11H2,1-2H3. The van der Waals surface area contributed by atoms with Crippen molar-refractivity contribution in [2.75, 3.05) is 33.3 Å². The zero-order valence-electron chi connectivity index (χ0n) is 11.7. The zero-order valence-corrected chi connectivity index (χ0v) is 12.5. The maximum Gasteiger partial charge on any atom is 0.0826 e. The summed E-state index contributed by atoms with van der Waals surface area (Å²) >= 11 is 5.91. The van der Waals surface area contributed by atoms with Crippen LogP contribution in [-0.4, -0.2) is 50.3 Å². The summed E-state index contributed by atoms with van der Waals surface area (Å²) in [5, 5.41) is 4.17. The van der Waals surface area contributed by atoms with E-state index in [1.165, 1.54) is 5.56 Å². The largest absolute Gasteiger partial charge is 0.374 e. The third-order valence-electron chi connectivity index (χ3n) is 3.69. The van der Waals surface area contributed by atoms with Gasteiger partial charge in [0.25, 0.3) is 0 Å². The first-order valence-corrected chi connectivity index (χ1v) is 7.30. The van der Waals surface area contributed by atoms with Gasteiger partial charge in [-0.2, -0.15) is 0 Å². The smallest absolute Gasteiger partial charge is 0.0826 e. The lowest BCUT2D eigenvalue weighted by Crippen LogP contribution is -2.46. The minimum absolute atomic E-state index is 0.311. The number of morpholine rings is 1. The maximum atomic E-state index is 5.91. The molecule has 1 aromatic rings. The van der Waals surface area contributed by atoms with Gasteiger partial charge in [0.15, 0.2) is 0 Å². The molecule has 1 aliphatic rings. The number of hydrogen-bond acceptors (Lipinski definition) is 3. The molecule has 2 rings (SSSR count). The molecule has 0 aromatic heterocycles. The first-order valence-electron chi connectivity index (χ1n) is 6.92. The second-order valence-electron chi connectivity index (χ2n) is 5.32. The number of rotatable bonds is 5. The lowest BCUT2D eigenvalue weighted by Gasteiger charge is -2.31. The van der Waals surface area contributed by atoms with E-state index in [1.807, 2.05) is 12.1 Å². The molecular formula is C15H23ClN2O. The van der Waals surface area contributed by atoms with E-state index in [0.717, 1.165) is 37.7 Å². The van der Waals surface area contributed by atoms with Gasteiger partial charge in [-0.25, -0.2) is 0 Å². The predicted octanol–water partition coefficient (Wildman–Crippen LogP) is 2.19. The van der Waals surface area contributed by atoms with Gasteiger partial charge in [-0.15, -0.1) is 0 Å². The highest BCUT2D eigenvalue weighted by Gasteiger charge is 2.18. The Bertz CT molecular complexity index is 376. The van der Waals surface area contributed by atoms with Crippen LogP contribution in [-0.2, 0) is 11.2 Å². The molecule has 1 heterocycles. The van der Waals surface area contributed by atoms with Crippen LogP contribution in [0, 0.1) is 0 Å². The van der Waals surface area contributed by atoms with Gasteiger partial charge in [0, 0.05) is 30.7 Å². The fraction of sp³-hybridized carbons (Fsp3) is 0.600. The van der Waals surface area contributed by atoms with E-state index in [4.69, 9.17) is 16.3 Å². The van der Waals surface area contributed by atoms with Gasteiger partial charge in [-0.1, -0.05) is 23.7 Å². The van der Waals surface area contributed by atoms with Crippen molar-refractivity contribution in [1.29, 1.82) is 0 Å². The van der Waals surface area contributed by atoms with E-state index in [-0.39, 0.29) is 0 Å². The molecule has 1 fully saturated rings. The third kappa shape index (κ3) is 4.77. The van der Waals surface area contributed by atoms with Gasteiger partial charge < -0.3 is 15.0 Å². The van der Waals surface area contributed by atoms with Crippen LogP contribution in [0.1, 0.15) is 12.5 Å². The first kappa shape index (κ1) is 14.8. The Morgan fingerprint density at radius 2 is 2.16 bits per heavy atom. The Morgan fingerprint density at radius 3 is 2.79 bits per heavy atom. The average molecular weight is 283 g/mol. The number of halogens is 1. The van der Waals surface area contributed by atoms with E-state index >= 15 is 0 Å². The summed E-state index contributed by atoms with van der Waals surface area (Å²) in [5.74, 6) is 0. The summed E-state index contributed by atoms with van der Waals surface area (Å²) in [6.07, 6.45) is 1.35. The van der Waals surface area contributed by atoms with Crippen LogP contribution in [0.15, 0.2) is 24.3 Å². The molecule has 1 aromatic carbocycles. The van der Waals surface area contributed by atoms with Crippen molar-refractivity contribution in [3.05, 3.63) is 34.9 Å². The summed E-state index contributed by atoms with van der Waals surface area (Å²) in [7, 11) is 2.17. The molecular weight excluding hydrogens is 260 g/mol. The van der Waals surface area contributed by atoms with Crippen molar-refractivity contribution in [1.82, 2.24) is 10.2 Å². The quantitative estimate of drug-likeness (QED) is 0.896. The van der Waals surface area contributed by atoms with E-state index in [9.17, 15) is 0 Å². The summed E-state index contributed by atoms with van der Waals surface area (Å²) < 4.78 is 5.74. The minimum Gasteiger partial charge on any atom is -0.374 e. The molecule has 0 bridgehead atoms. The van der Waals surface area contributed by atoms with Gasteiger partial charge in [0.2, 0.25) is 0 Å². The molecule has 2 unspecified atom stereocenters. The Balaban J connectivity index is 1.81. The Labute approximate surface area is 120 Å². The molecule has 1 N–H and O–H groups in total. The minimum atomic E-state index is 0.311. The van der Waals surface area contributed by atoms with Crippen molar-refractivity contribution in [2.45, 2.75) is 25.5 Å². The second kappa shape index (κ2) is 7.25. The van der Waals surface area contributed by atoms with E-state index in [1.54, 1.807) is 0 Å². The second-order valence-corrected chi connectivity index (χ2v) is 5.75. The van der Waals surface area contributed by atoms with Crippen molar-refractivity contribution in [3.63, 3.8) is 0 Å². The molecule has 19 heavy (non-hydrogen) atoms. The Morgan fingerprint density at radius 1 is 1.42 bits per heavy atom. The van der Waals surface area contributed by atoms with Gasteiger partial charge in [-0.05, 0) is 38.1 Å². The highest BCUT2D eigenvalue weighted by atomic mass is 35.5. The molecule has 0 radical (unpaired) electrons. The predicted molar refractivity (Wildman–Crippen MR) is 79.9 cm³/mol. The number of hydrogen-bond donors (Lipinski definition) is 1. The van der Waals surface area contributed by atoms with Gasteiger partial charge in [0.05, 0.1) is 12.7 Å². The van der Waals surface area contributed by atoms with Crippen LogP contribution in [0.2, 0.25) is 5.02 Å². The normalized spacial score (nSPS) is 21.6. The van der Waals surface area contributed by atoms with Crippen molar-refractivity contribution >= 4 is 11.6 Å². The molecule has 0 saturated carbocycles. The lowest BCUT2D eigenvalue weighted by atomic mass is 10.1. The SMILES string of the molecule is CC(Cc1ccc(Cl)cc1)N(C)CC1CNCCO1. The fourth-order valence-corrected chi connectivity index (χ4v) is 2.48. The molecule has 1 aliphatic heterocycles. The fourth-order valence-electron chi connectivity index (χ4n) is 2.36. The van der Waals surface area contributed by atoms with Crippen LogP contribution in [0.3, 0.4) is 0 Å². The summed E-state index contributed by atoms with van der Waals surface area (Å²) in [5.41, 5.74) is 1.33. The van der Waals surface area contributed by atoms with E-state index in [2.05, 4.69) is 36.3 Å². The van der Waals surface area contributed by atoms with Crippen LogP contribution in [0.25, 0.3) is 0 Å². The van der Waals surface area contributed by atoms with Crippen LogP contribution in [0.5, 0.6) is 0 Å². The number of ether oxygens (including phenoxy) is 1. The molecule has 4 heteroatoms. The molecule has 0 amide bonds. The first-order chi connectivity index (χ1) is 9.15. The molecule has 0 aliphatic carbocycles. The van der Waals surface area contributed by atoms with Crippen molar-refractivity contribution < 1.29 is 4.74 Å². The highest BCUT2D eigenvalue weighted by Crippen LogP contribution is 2.13. The number of nitrogens with one attached hydrogen (secondary N) is 1. The summed E-state index contributed by atoms with van der Waals surface area (Å²) in [6.45, 7) is 5.98. The number of nitrogens with zero attached hydrogens (tertiary/aromatic N) is 1. The zero-order chi connectivity index (χ0) is 13.7. The van der Waals surface area contributed by atoms with Crippen molar-refractivity contribution in [3.8, 4) is 0 Å². The Hall–Kier alpha value is -0.610. The molecule has 106 valence electrons. The monoisotopic (exact) mass is 282 g/mol. The van der Waals surface area contributed by atoms with Crippen LogP contribution in [0.4, 0.5) is 0 Å².